The topological polar surface area (TPSA) is 19.4 Å². The van der Waals surface area contributed by atoms with Crippen LogP contribution in [0, 0.1) is 5.92 Å². The molecule has 1 fully saturated rings. The summed E-state index contributed by atoms with van der Waals surface area (Å²) in [6.45, 7) is 5.37. The molecule has 2 heterocycles. The normalized spacial score (nSPS) is 19.5. The Hall–Kier alpha value is -1.30. The quantitative estimate of drug-likeness (QED) is 0.832. The molecule has 0 aromatic carbocycles. The Bertz CT molecular complexity index is 462. The molecule has 0 radical (unpaired) electrons. The number of anilines is 1. The molecule has 0 amide bonds. The molecule has 0 unspecified atom stereocenters. The molecule has 21 heavy (non-hydrogen) atoms. The lowest BCUT2D eigenvalue weighted by Crippen LogP contribution is -2.29. The maximum absolute atomic E-state index is 13.0. The SMILES string of the molecule is CCCN(C)C[C@@H]1CCN(c2ncccc2C(F)(F)F)C1. The number of halogens is 3. The van der Waals surface area contributed by atoms with Crippen molar-refractivity contribution in [2.75, 3.05) is 38.1 Å². The van der Waals surface area contributed by atoms with Crippen LogP contribution in [0.1, 0.15) is 25.3 Å². The number of nitrogens with zero attached hydrogens (tertiary/aromatic N) is 3. The molecule has 1 atom stereocenters. The fourth-order valence-corrected chi connectivity index (χ4v) is 2.96. The van der Waals surface area contributed by atoms with Gasteiger partial charge in [0.2, 0.25) is 0 Å². The molecule has 3 nitrogen and oxygen atoms in total. The third-order valence-electron chi connectivity index (χ3n) is 3.85. The lowest BCUT2D eigenvalue weighted by Gasteiger charge is -2.23. The predicted molar refractivity (Wildman–Crippen MR) is 77.3 cm³/mol. The van der Waals surface area contributed by atoms with Gasteiger partial charge in [0.05, 0.1) is 5.56 Å². The minimum Gasteiger partial charge on any atom is -0.356 e. The maximum Gasteiger partial charge on any atom is 0.419 e. The van der Waals surface area contributed by atoms with Gasteiger partial charge in [-0.2, -0.15) is 13.2 Å². The van der Waals surface area contributed by atoms with E-state index in [2.05, 4.69) is 23.9 Å². The monoisotopic (exact) mass is 301 g/mol. The standard InChI is InChI=1S/C15H22F3N3/c1-3-8-20(2)10-12-6-9-21(11-12)14-13(15(16,17)18)5-4-7-19-14/h4-5,7,12H,3,6,8-11H2,1-2H3/t12-/m0/s1. The van der Waals surface area contributed by atoms with E-state index in [1.54, 1.807) is 4.90 Å². The van der Waals surface area contributed by atoms with Crippen molar-refractivity contribution in [1.82, 2.24) is 9.88 Å². The molecule has 0 spiro atoms. The number of aromatic nitrogens is 1. The molecule has 1 aromatic rings. The zero-order valence-corrected chi connectivity index (χ0v) is 12.5. The molecule has 0 aliphatic carbocycles. The molecule has 6 heteroatoms. The number of hydrogen-bond donors (Lipinski definition) is 0. The number of pyridine rings is 1. The van der Waals surface area contributed by atoms with E-state index in [1.165, 1.54) is 12.3 Å². The summed E-state index contributed by atoms with van der Waals surface area (Å²) in [5, 5.41) is 0. The van der Waals surface area contributed by atoms with Crippen LogP contribution in [0.2, 0.25) is 0 Å². The van der Waals surface area contributed by atoms with Crippen LogP contribution in [0.3, 0.4) is 0 Å². The van der Waals surface area contributed by atoms with Gasteiger partial charge in [0.15, 0.2) is 0 Å². The summed E-state index contributed by atoms with van der Waals surface area (Å²) in [4.78, 5) is 7.99. The Balaban J connectivity index is 2.05. The molecule has 2 rings (SSSR count). The van der Waals surface area contributed by atoms with E-state index in [9.17, 15) is 13.2 Å². The summed E-state index contributed by atoms with van der Waals surface area (Å²) in [5.74, 6) is 0.482. The average Bonchev–Trinajstić information content (AvgIpc) is 2.86. The van der Waals surface area contributed by atoms with Gasteiger partial charge in [-0.15, -0.1) is 0 Å². The van der Waals surface area contributed by atoms with Crippen molar-refractivity contribution in [3.63, 3.8) is 0 Å². The Labute approximate surface area is 123 Å². The van der Waals surface area contributed by atoms with Crippen LogP contribution < -0.4 is 4.90 Å². The number of hydrogen-bond acceptors (Lipinski definition) is 3. The summed E-state index contributed by atoms with van der Waals surface area (Å²) in [5.41, 5.74) is -0.632. The molecule has 0 bridgehead atoms. The lowest BCUT2D eigenvalue weighted by molar-refractivity contribution is -0.137. The van der Waals surface area contributed by atoms with Gasteiger partial charge in [-0.25, -0.2) is 4.98 Å². The number of rotatable bonds is 5. The summed E-state index contributed by atoms with van der Waals surface area (Å²) in [6, 6.07) is 2.45. The Morgan fingerprint density at radius 2 is 2.19 bits per heavy atom. The summed E-state index contributed by atoms with van der Waals surface area (Å²) >= 11 is 0. The average molecular weight is 301 g/mol. The van der Waals surface area contributed by atoms with Gasteiger partial charge in [0, 0.05) is 25.8 Å². The van der Waals surface area contributed by atoms with E-state index in [1.807, 2.05) is 0 Å². The minimum atomic E-state index is -4.35. The Morgan fingerprint density at radius 3 is 2.86 bits per heavy atom. The van der Waals surface area contributed by atoms with Gasteiger partial charge < -0.3 is 9.80 Å². The molecule has 1 aliphatic heterocycles. The molecule has 1 saturated heterocycles. The van der Waals surface area contributed by atoms with Crippen molar-refractivity contribution in [2.45, 2.75) is 25.9 Å². The van der Waals surface area contributed by atoms with Crippen LogP contribution in [0.15, 0.2) is 18.3 Å². The Kier molecular flexibility index (Phi) is 5.08. The third kappa shape index (κ3) is 4.09. The highest BCUT2D eigenvalue weighted by atomic mass is 19.4. The molecule has 0 N–H and O–H groups in total. The fourth-order valence-electron chi connectivity index (χ4n) is 2.96. The highest BCUT2D eigenvalue weighted by Gasteiger charge is 2.37. The van der Waals surface area contributed by atoms with Crippen molar-refractivity contribution < 1.29 is 13.2 Å². The second kappa shape index (κ2) is 6.64. The minimum absolute atomic E-state index is 0.0747. The zero-order valence-electron chi connectivity index (χ0n) is 12.5. The van der Waals surface area contributed by atoms with E-state index >= 15 is 0 Å². The van der Waals surface area contributed by atoms with Crippen LogP contribution in [0.5, 0.6) is 0 Å². The van der Waals surface area contributed by atoms with Crippen LogP contribution in [0.4, 0.5) is 19.0 Å². The van der Waals surface area contributed by atoms with Gasteiger partial charge in [-0.1, -0.05) is 6.92 Å². The fraction of sp³-hybridized carbons (Fsp3) is 0.667. The van der Waals surface area contributed by atoms with Crippen LogP contribution in [-0.4, -0.2) is 43.1 Å². The maximum atomic E-state index is 13.0. The molecule has 1 aliphatic rings. The highest BCUT2D eigenvalue weighted by molar-refractivity contribution is 5.49. The van der Waals surface area contributed by atoms with Gasteiger partial charge >= 0.3 is 6.18 Å². The molecule has 1 aromatic heterocycles. The van der Waals surface area contributed by atoms with Crippen LogP contribution in [0.25, 0.3) is 0 Å². The Morgan fingerprint density at radius 1 is 1.43 bits per heavy atom. The lowest BCUT2D eigenvalue weighted by atomic mass is 10.1. The van der Waals surface area contributed by atoms with E-state index < -0.39 is 11.7 Å². The van der Waals surface area contributed by atoms with Crippen LogP contribution in [-0.2, 0) is 6.18 Å². The summed E-state index contributed by atoms with van der Waals surface area (Å²) in [6.07, 6.45) is -0.908. The van der Waals surface area contributed by atoms with Crippen molar-refractivity contribution in [3.05, 3.63) is 23.9 Å². The summed E-state index contributed by atoms with van der Waals surface area (Å²) in [7, 11) is 2.06. The third-order valence-corrected chi connectivity index (χ3v) is 3.85. The van der Waals surface area contributed by atoms with Crippen molar-refractivity contribution in [1.29, 1.82) is 0 Å². The smallest absolute Gasteiger partial charge is 0.356 e. The van der Waals surface area contributed by atoms with E-state index in [4.69, 9.17) is 0 Å². The number of alkyl halides is 3. The largest absolute Gasteiger partial charge is 0.419 e. The van der Waals surface area contributed by atoms with Crippen molar-refractivity contribution in [3.8, 4) is 0 Å². The van der Waals surface area contributed by atoms with Gasteiger partial charge in [0.1, 0.15) is 5.82 Å². The van der Waals surface area contributed by atoms with Crippen LogP contribution >= 0.6 is 0 Å². The van der Waals surface area contributed by atoms with E-state index in [-0.39, 0.29) is 5.82 Å². The predicted octanol–water partition coefficient (Wildman–Crippen LogP) is 3.27. The van der Waals surface area contributed by atoms with E-state index in [0.717, 1.165) is 32.0 Å². The first-order chi connectivity index (χ1) is 9.91. The van der Waals surface area contributed by atoms with Crippen molar-refractivity contribution >= 4 is 5.82 Å². The first kappa shape index (κ1) is 16.1. The second-order valence-corrected chi connectivity index (χ2v) is 5.74. The first-order valence-corrected chi connectivity index (χ1v) is 7.37. The van der Waals surface area contributed by atoms with Gasteiger partial charge in [-0.3, -0.25) is 0 Å². The molecular formula is C15H22F3N3. The highest BCUT2D eigenvalue weighted by Crippen LogP contribution is 2.36. The van der Waals surface area contributed by atoms with Gasteiger partial charge in [0.25, 0.3) is 0 Å². The molecule has 118 valence electrons. The van der Waals surface area contributed by atoms with Gasteiger partial charge in [-0.05, 0) is 44.5 Å². The first-order valence-electron chi connectivity index (χ1n) is 7.37. The molecule has 0 saturated carbocycles. The zero-order chi connectivity index (χ0) is 15.5. The molecular weight excluding hydrogens is 279 g/mol. The summed E-state index contributed by atoms with van der Waals surface area (Å²) < 4.78 is 39.1. The second-order valence-electron chi connectivity index (χ2n) is 5.74. The van der Waals surface area contributed by atoms with E-state index in [0.29, 0.717) is 19.0 Å². The van der Waals surface area contributed by atoms with Crippen molar-refractivity contribution in [2.24, 2.45) is 5.92 Å².